The maximum absolute atomic E-state index is 11.4. The Morgan fingerprint density at radius 3 is 2.53 bits per heavy atom. The Bertz CT molecular complexity index is 481. The number of aliphatic hydroxyl groups excluding tert-OH is 3. The number of hydrogen-bond donors (Lipinski definition) is 7. The van der Waals surface area contributed by atoms with Crippen molar-refractivity contribution in [2.75, 3.05) is 6.61 Å². The number of rotatable bonds is 5. The summed E-state index contributed by atoms with van der Waals surface area (Å²) < 4.78 is 0. The smallest absolute Gasteiger partial charge is 0.302 e. The van der Waals surface area contributed by atoms with Gasteiger partial charge in [0.05, 0.1) is 12.7 Å². The number of amides is 1. The van der Waals surface area contributed by atoms with Crippen molar-refractivity contribution < 1.29 is 25.2 Å². The molecular weight excluding hydrogens is 258 g/mol. The lowest BCUT2D eigenvalue weighted by molar-refractivity contribution is -0.0140. The highest BCUT2D eigenvalue weighted by Gasteiger charge is 2.21. The van der Waals surface area contributed by atoms with Gasteiger partial charge in [-0.2, -0.15) is 9.98 Å². The molecule has 0 aliphatic rings. The maximum Gasteiger partial charge on any atom is 0.302 e. The minimum Gasteiger partial charge on any atom is -0.492 e. The Morgan fingerprint density at radius 1 is 1.37 bits per heavy atom. The van der Waals surface area contributed by atoms with E-state index in [1.165, 1.54) is 0 Å². The van der Waals surface area contributed by atoms with Crippen LogP contribution in [-0.4, -0.2) is 61.1 Å². The number of aliphatic hydroxyl groups is 3. The summed E-state index contributed by atoms with van der Waals surface area (Å²) >= 11 is 0. The summed E-state index contributed by atoms with van der Waals surface area (Å²) in [5, 5.41) is 36.7. The molecule has 2 atom stereocenters. The molecule has 19 heavy (non-hydrogen) atoms. The van der Waals surface area contributed by atoms with Crippen LogP contribution in [0.3, 0.4) is 0 Å². The average Bonchev–Trinajstić information content (AvgIpc) is 2.68. The van der Waals surface area contributed by atoms with Crippen molar-refractivity contribution in [3.8, 4) is 5.88 Å². The van der Waals surface area contributed by atoms with Crippen LogP contribution >= 0.6 is 0 Å². The van der Waals surface area contributed by atoms with Crippen LogP contribution in [0.4, 0.5) is 0 Å². The molecule has 106 valence electrons. The minimum atomic E-state index is -1.36. The van der Waals surface area contributed by atoms with Crippen molar-refractivity contribution in [3.05, 3.63) is 11.5 Å². The van der Waals surface area contributed by atoms with Gasteiger partial charge in [0.1, 0.15) is 11.9 Å². The summed E-state index contributed by atoms with van der Waals surface area (Å²) in [5.41, 5.74) is 9.69. The van der Waals surface area contributed by atoms with Crippen LogP contribution in [0.1, 0.15) is 16.3 Å². The molecule has 1 heterocycles. The number of nitrogens with one attached hydrogen (secondary N) is 1. The van der Waals surface area contributed by atoms with Crippen molar-refractivity contribution in [1.82, 2.24) is 9.97 Å². The summed E-state index contributed by atoms with van der Waals surface area (Å²) in [6, 6.07) is 0. The molecule has 1 aromatic rings. The molecule has 1 aromatic heterocycles. The van der Waals surface area contributed by atoms with Gasteiger partial charge in [-0.15, -0.1) is 0 Å². The average molecular weight is 273 g/mol. The second kappa shape index (κ2) is 6.13. The summed E-state index contributed by atoms with van der Waals surface area (Å²) in [5.74, 6) is -1.99. The Labute approximate surface area is 107 Å². The molecule has 10 nitrogen and oxygen atoms in total. The predicted molar refractivity (Wildman–Crippen MR) is 63.2 cm³/mol. The van der Waals surface area contributed by atoms with Gasteiger partial charge in [-0.1, -0.05) is 0 Å². The molecule has 0 spiro atoms. The van der Waals surface area contributed by atoms with Crippen molar-refractivity contribution in [2.45, 2.75) is 18.6 Å². The van der Waals surface area contributed by atoms with Crippen LogP contribution in [0.5, 0.6) is 5.88 Å². The van der Waals surface area contributed by atoms with Crippen LogP contribution in [-0.2, 0) is 6.42 Å². The molecule has 0 saturated heterocycles. The Morgan fingerprint density at radius 2 is 2.00 bits per heavy atom. The van der Waals surface area contributed by atoms with Gasteiger partial charge < -0.3 is 36.9 Å². The van der Waals surface area contributed by atoms with E-state index in [0.717, 1.165) is 0 Å². The third kappa shape index (κ3) is 3.91. The number of aliphatic imine (C=N–C) groups is 1. The number of nitrogens with two attached hydrogens (primary N) is 2. The summed E-state index contributed by atoms with van der Waals surface area (Å²) in [6.07, 6.45) is -2.87. The van der Waals surface area contributed by atoms with E-state index in [1.807, 2.05) is 0 Å². The number of carbonyl (C=O) groups excluding carboxylic acids is 1. The van der Waals surface area contributed by atoms with E-state index < -0.39 is 36.6 Å². The Kier molecular flexibility index (Phi) is 4.80. The van der Waals surface area contributed by atoms with Gasteiger partial charge in [-0.3, -0.25) is 4.79 Å². The largest absolute Gasteiger partial charge is 0.492 e. The van der Waals surface area contributed by atoms with Crippen LogP contribution in [0.25, 0.3) is 0 Å². The van der Waals surface area contributed by atoms with Gasteiger partial charge in [-0.25, -0.2) is 0 Å². The van der Waals surface area contributed by atoms with Gasteiger partial charge >= 0.3 is 5.91 Å². The lowest BCUT2D eigenvalue weighted by Crippen LogP contribution is -2.31. The number of H-pyrrole nitrogens is 1. The van der Waals surface area contributed by atoms with Crippen LogP contribution < -0.4 is 11.5 Å². The first kappa shape index (κ1) is 14.9. The number of aromatic hydroxyl groups is 1. The van der Waals surface area contributed by atoms with E-state index >= 15 is 0 Å². The third-order valence-electron chi connectivity index (χ3n) is 2.21. The van der Waals surface area contributed by atoms with E-state index in [-0.39, 0.29) is 17.9 Å². The molecule has 0 bridgehead atoms. The van der Waals surface area contributed by atoms with Crippen LogP contribution in [0.15, 0.2) is 4.99 Å². The molecule has 1 rings (SSSR count). The number of carbonyl (C=O) groups is 1. The number of nitrogens with zero attached hydrogens (tertiary/aromatic N) is 2. The molecule has 0 aliphatic carbocycles. The molecule has 0 radical (unpaired) electrons. The Hall–Kier alpha value is -2.17. The summed E-state index contributed by atoms with van der Waals surface area (Å²) in [7, 11) is 0. The highest BCUT2D eigenvalue weighted by molar-refractivity contribution is 6.01. The zero-order valence-electron chi connectivity index (χ0n) is 9.82. The zero-order valence-corrected chi connectivity index (χ0v) is 9.82. The van der Waals surface area contributed by atoms with Gasteiger partial charge in [0.25, 0.3) is 0 Å². The normalized spacial score (nSPS) is 13.8. The molecular formula is C9H15N5O5. The van der Waals surface area contributed by atoms with Gasteiger partial charge in [0.15, 0.2) is 11.7 Å². The van der Waals surface area contributed by atoms with Crippen molar-refractivity contribution in [1.29, 1.82) is 0 Å². The van der Waals surface area contributed by atoms with E-state index in [4.69, 9.17) is 21.7 Å². The van der Waals surface area contributed by atoms with Crippen molar-refractivity contribution in [3.63, 3.8) is 0 Å². The molecule has 0 saturated carbocycles. The summed E-state index contributed by atoms with van der Waals surface area (Å²) in [4.78, 5) is 20.6. The highest BCUT2D eigenvalue weighted by Crippen LogP contribution is 2.15. The van der Waals surface area contributed by atoms with E-state index in [2.05, 4.69) is 15.0 Å². The first-order chi connectivity index (χ1) is 8.85. The topological polar surface area (TPSA) is 191 Å². The number of guanidine groups is 1. The third-order valence-corrected chi connectivity index (χ3v) is 2.21. The second-order valence-corrected chi connectivity index (χ2v) is 3.75. The second-order valence-electron chi connectivity index (χ2n) is 3.75. The molecule has 1 amide bonds. The molecule has 0 fully saturated rings. The first-order valence-electron chi connectivity index (χ1n) is 5.24. The molecule has 0 aliphatic heterocycles. The molecule has 9 N–H and O–H groups in total. The standard InChI is InChI=1S/C9H15N5O5/c10-9(11)14-8(19)6-7(18)13-5(12-6)1-3(16)4(17)2-15/h3-4,15-18H,1-2H2,(H,12,13)(H4,10,11,14,19). The monoisotopic (exact) mass is 273 g/mol. The van der Waals surface area contributed by atoms with E-state index in [0.29, 0.717) is 0 Å². The predicted octanol–water partition coefficient (Wildman–Crippen LogP) is -3.21. The van der Waals surface area contributed by atoms with Crippen LogP contribution in [0.2, 0.25) is 0 Å². The fourth-order valence-corrected chi connectivity index (χ4v) is 1.29. The summed E-state index contributed by atoms with van der Waals surface area (Å²) in [6.45, 7) is -0.631. The quantitative estimate of drug-likeness (QED) is 0.215. The zero-order chi connectivity index (χ0) is 14.6. The lowest BCUT2D eigenvalue weighted by atomic mass is 10.1. The maximum atomic E-state index is 11.4. The minimum absolute atomic E-state index is 0.0339. The van der Waals surface area contributed by atoms with Gasteiger partial charge in [0.2, 0.25) is 5.88 Å². The van der Waals surface area contributed by atoms with Gasteiger partial charge in [0, 0.05) is 6.42 Å². The van der Waals surface area contributed by atoms with Crippen molar-refractivity contribution in [2.24, 2.45) is 16.5 Å². The Balaban J connectivity index is 2.85. The SMILES string of the molecule is NC(N)=NC(=O)c1[nH]c(CC(O)C(O)CO)nc1O. The fraction of sp³-hybridized carbons (Fsp3) is 0.444. The molecule has 0 aromatic carbocycles. The van der Waals surface area contributed by atoms with Crippen molar-refractivity contribution >= 4 is 11.9 Å². The molecule has 10 heteroatoms. The number of aromatic nitrogens is 2. The van der Waals surface area contributed by atoms with Crippen LogP contribution in [0, 0.1) is 0 Å². The number of imidazole rings is 1. The van der Waals surface area contributed by atoms with Gasteiger partial charge in [-0.05, 0) is 0 Å². The van der Waals surface area contributed by atoms with E-state index in [1.54, 1.807) is 0 Å². The highest BCUT2D eigenvalue weighted by atomic mass is 16.4. The first-order valence-corrected chi connectivity index (χ1v) is 5.24. The fourth-order valence-electron chi connectivity index (χ4n) is 1.29. The number of aromatic amines is 1. The lowest BCUT2D eigenvalue weighted by Gasteiger charge is -2.13. The van der Waals surface area contributed by atoms with E-state index in [9.17, 15) is 15.0 Å². The number of hydrogen-bond acceptors (Lipinski definition) is 6. The molecule has 2 unspecified atom stereocenters.